The van der Waals surface area contributed by atoms with Crippen molar-refractivity contribution in [3.63, 3.8) is 0 Å². The largest absolute Gasteiger partial charge is 0.393 e. The molecule has 0 aliphatic rings. The molecule has 96 valence electrons. The number of aromatic nitrogens is 2. The molecule has 1 aromatic rings. The van der Waals surface area contributed by atoms with Gasteiger partial charge in [-0.15, -0.1) is 0 Å². The van der Waals surface area contributed by atoms with Crippen molar-refractivity contribution in [3.05, 3.63) is 11.4 Å². The number of nitrogen functional groups attached to an aromatic ring is 1. The lowest BCUT2D eigenvalue weighted by Crippen LogP contribution is -2.23. The third kappa shape index (κ3) is 3.83. The minimum Gasteiger partial charge on any atom is -0.393 e. The molecule has 0 saturated carbocycles. The number of nitrogens with two attached hydrogens (primary N) is 1. The molecule has 0 aromatic carbocycles. The Hall–Kier alpha value is -1.40. The van der Waals surface area contributed by atoms with Crippen LogP contribution in [0, 0.1) is 13.8 Å². The van der Waals surface area contributed by atoms with Crippen molar-refractivity contribution in [2.24, 2.45) is 5.84 Å². The molecule has 0 bridgehead atoms. The predicted molar refractivity (Wildman–Crippen MR) is 68.7 cm³/mol. The molecule has 1 rings (SSSR count). The van der Waals surface area contributed by atoms with E-state index in [9.17, 15) is 5.11 Å². The first kappa shape index (κ1) is 13.7. The summed E-state index contributed by atoms with van der Waals surface area (Å²) in [6.07, 6.45) is 0.321. The fourth-order valence-electron chi connectivity index (χ4n) is 1.71. The number of aryl methyl sites for hydroxylation is 1. The summed E-state index contributed by atoms with van der Waals surface area (Å²) in [7, 11) is 0. The molecule has 0 fully saturated rings. The second-order valence-electron chi connectivity index (χ2n) is 4.37. The Morgan fingerprint density at radius 2 is 1.82 bits per heavy atom. The van der Waals surface area contributed by atoms with Gasteiger partial charge in [-0.3, -0.25) is 0 Å². The van der Waals surface area contributed by atoms with E-state index in [2.05, 4.69) is 20.7 Å². The molecule has 0 saturated heterocycles. The van der Waals surface area contributed by atoms with Crippen LogP contribution in [0.3, 0.4) is 0 Å². The van der Waals surface area contributed by atoms with Gasteiger partial charge in [-0.05, 0) is 34.1 Å². The van der Waals surface area contributed by atoms with Crippen LogP contribution in [0.2, 0.25) is 0 Å². The summed E-state index contributed by atoms with van der Waals surface area (Å²) in [6.45, 7) is 7.47. The quantitative estimate of drug-likeness (QED) is 0.451. The molecule has 0 aliphatic carbocycles. The van der Waals surface area contributed by atoms with Crippen molar-refractivity contribution < 1.29 is 5.11 Å². The van der Waals surface area contributed by atoms with Gasteiger partial charge < -0.3 is 15.8 Å². The molecule has 0 spiro atoms. The van der Waals surface area contributed by atoms with Crippen LogP contribution in [0.1, 0.15) is 31.7 Å². The number of hydrogen-bond donors (Lipinski definition) is 4. The van der Waals surface area contributed by atoms with Crippen molar-refractivity contribution in [1.29, 1.82) is 0 Å². The maximum absolute atomic E-state index is 9.32. The monoisotopic (exact) mass is 239 g/mol. The van der Waals surface area contributed by atoms with E-state index in [1.807, 2.05) is 20.8 Å². The van der Waals surface area contributed by atoms with E-state index in [0.29, 0.717) is 18.1 Å². The zero-order valence-corrected chi connectivity index (χ0v) is 10.8. The van der Waals surface area contributed by atoms with Gasteiger partial charge in [0.2, 0.25) is 0 Å². The average molecular weight is 239 g/mol. The summed E-state index contributed by atoms with van der Waals surface area (Å²) < 4.78 is 0. The third-order valence-corrected chi connectivity index (χ3v) is 2.47. The van der Waals surface area contributed by atoms with E-state index in [4.69, 9.17) is 5.84 Å². The average Bonchev–Trinajstić information content (AvgIpc) is 2.21. The molecular weight excluding hydrogens is 218 g/mol. The molecule has 0 radical (unpaired) electrons. The number of aliphatic hydroxyl groups is 1. The smallest absolute Gasteiger partial charge is 0.148 e. The Kier molecular flexibility index (Phi) is 4.65. The summed E-state index contributed by atoms with van der Waals surface area (Å²) in [5.41, 5.74) is 3.42. The first-order valence-corrected chi connectivity index (χ1v) is 5.70. The molecule has 0 amide bonds. The zero-order valence-electron chi connectivity index (χ0n) is 10.8. The minimum absolute atomic E-state index is 0.133. The van der Waals surface area contributed by atoms with Gasteiger partial charge in [0.1, 0.15) is 17.5 Å². The van der Waals surface area contributed by atoms with Crippen LogP contribution >= 0.6 is 0 Å². The summed E-state index contributed by atoms with van der Waals surface area (Å²) in [4.78, 5) is 8.51. The molecule has 0 aliphatic heterocycles. The SMILES string of the molecule is Cc1nc(NN)c(C)c(NC(C)CC(C)O)n1. The minimum atomic E-state index is -0.340. The van der Waals surface area contributed by atoms with Crippen molar-refractivity contribution in [1.82, 2.24) is 9.97 Å². The third-order valence-electron chi connectivity index (χ3n) is 2.47. The summed E-state index contributed by atoms with van der Waals surface area (Å²) in [6, 6.07) is 0.133. The Morgan fingerprint density at radius 3 is 2.35 bits per heavy atom. The summed E-state index contributed by atoms with van der Waals surface area (Å²) >= 11 is 0. The van der Waals surface area contributed by atoms with E-state index in [1.54, 1.807) is 6.92 Å². The van der Waals surface area contributed by atoms with Gasteiger partial charge in [-0.2, -0.15) is 0 Å². The van der Waals surface area contributed by atoms with Gasteiger partial charge in [0, 0.05) is 11.6 Å². The Bertz CT molecular complexity index is 380. The maximum Gasteiger partial charge on any atom is 0.148 e. The second kappa shape index (κ2) is 5.79. The number of nitrogens with one attached hydrogen (secondary N) is 2. The van der Waals surface area contributed by atoms with Gasteiger partial charge in [-0.25, -0.2) is 15.8 Å². The molecule has 5 N–H and O–H groups in total. The van der Waals surface area contributed by atoms with E-state index >= 15 is 0 Å². The van der Waals surface area contributed by atoms with Crippen LogP contribution in [0.15, 0.2) is 0 Å². The van der Waals surface area contributed by atoms with Crippen molar-refractivity contribution >= 4 is 11.6 Å². The molecule has 2 atom stereocenters. The second-order valence-corrected chi connectivity index (χ2v) is 4.37. The highest BCUT2D eigenvalue weighted by molar-refractivity contribution is 5.56. The van der Waals surface area contributed by atoms with Crippen molar-refractivity contribution in [3.8, 4) is 0 Å². The van der Waals surface area contributed by atoms with Crippen LogP contribution < -0.4 is 16.6 Å². The fourth-order valence-corrected chi connectivity index (χ4v) is 1.71. The lowest BCUT2D eigenvalue weighted by Gasteiger charge is -2.18. The van der Waals surface area contributed by atoms with E-state index < -0.39 is 0 Å². The molecule has 2 unspecified atom stereocenters. The number of hydrazine groups is 1. The number of hydrogen-bond acceptors (Lipinski definition) is 6. The molecular formula is C11H21N5O. The van der Waals surface area contributed by atoms with Crippen LogP contribution in [-0.2, 0) is 0 Å². The first-order valence-electron chi connectivity index (χ1n) is 5.70. The molecule has 6 heteroatoms. The van der Waals surface area contributed by atoms with Gasteiger partial charge in [0.05, 0.1) is 6.10 Å². The lowest BCUT2D eigenvalue weighted by atomic mass is 10.1. The summed E-state index contributed by atoms with van der Waals surface area (Å²) in [5.74, 6) is 7.40. The standard InChI is InChI=1S/C11H21N5O/c1-6(5-7(2)17)13-10-8(3)11(16-12)15-9(4)14-10/h6-7,17H,5,12H2,1-4H3,(H2,13,14,15,16). The highest BCUT2D eigenvalue weighted by Crippen LogP contribution is 2.20. The molecule has 17 heavy (non-hydrogen) atoms. The van der Waals surface area contributed by atoms with Gasteiger partial charge in [-0.1, -0.05) is 0 Å². The van der Waals surface area contributed by atoms with Crippen molar-refractivity contribution in [2.75, 3.05) is 10.7 Å². The lowest BCUT2D eigenvalue weighted by molar-refractivity contribution is 0.179. The van der Waals surface area contributed by atoms with E-state index in [-0.39, 0.29) is 12.1 Å². The fraction of sp³-hybridized carbons (Fsp3) is 0.636. The first-order chi connectivity index (χ1) is 7.93. The Balaban J connectivity index is 2.86. The molecule has 1 heterocycles. The Labute approximate surface area is 102 Å². The van der Waals surface area contributed by atoms with Gasteiger partial charge in [0.25, 0.3) is 0 Å². The summed E-state index contributed by atoms with van der Waals surface area (Å²) in [5, 5.41) is 12.6. The van der Waals surface area contributed by atoms with Crippen LogP contribution in [0.4, 0.5) is 11.6 Å². The van der Waals surface area contributed by atoms with E-state index in [0.717, 1.165) is 11.4 Å². The molecule has 6 nitrogen and oxygen atoms in total. The van der Waals surface area contributed by atoms with E-state index in [1.165, 1.54) is 0 Å². The Morgan fingerprint density at radius 1 is 1.24 bits per heavy atom. The zero-order chi connectivity index (χ0) is 13.0. The van der Waals surface area contributed by atoms with Crippen molar-refractivity contribution in [2.45, 2.75) is 46.3 Å². The maximum atomic E-state index is 9.32. The molecule has 1 aromatic heterocycles. The van der Waals surface area contributed by atoms with Gasteiger partial charge in [0.15, 0.2) is 0 Å². The van der Waals surface area contributed by atoms with Crippen LogP contribution in [0.25, 0.3) is 0 Å². The number of aliphatic hydroxyl groups excluding tert-OH is 1. The normalized spacial score (nSPS) is 14.2. The highest BCUT2D eigenvalue weighted by atomic mass is 16.3. The number of nitrogens with zero attached hydrogens (tertiary/aromatic N) is 2. The number of rotatable bonds is 5. The van der Waals surface area contributed by atoms with Crippen LogP contribution in [-0.4, -0.2) is 27.2 Å². The van der Waals surface area contributed by atoms with Crippen LogP contribution in [0.5, 0.6) is 0 Å². The van der Waals surface area contributed by atoms with Gasteiger partial charge >= 0.3 is 0 Å². The number of anilines is 2. The highest BCUT2D eigenvalue weighted by Gasteiger charge is 2.12. The predicted octanol–water partition coefficient (Wildman–Crippen LogP) is 0.950. The topological polar surface area (TPSA) is 96.1 Å².